The molecule has 0 N–H and O–H groups in total. The first-order valence-corrected chi connectivity index (χ1v) is 0. The van der Waals surface area contributed by atoms with Crippen LogP contribution < -0.4 is 0 Å². The Balaban J connectivity index is 0. The van der Waals surface area contributed by atoms with Gasteiger partial charge in [0.15, 0.2) is 0 Å². The van der Waals surface area contributed by atoms with Crippen LogP contribution in [0.5, 0.6) is 0 Å². The second kappa shape index (κ2) is 116. The van der Waals surface area contributed by atoms with Crippen LogP contribution in [-0.4, -0.2) is 0 Å². The predicted molar refractivity (Wildman–Crippen MR) is 7.51 cm³/mol. The molecule has 0 heterocycles. The third-order valence-corrected chi connectivity index (χ3v) is 0. The predicted octanol–water partition coefficient (Wildman–Crippen LogP) is 0.455. The number of halogens is 3. The third kappa shape index (κ3) is 28.2. The molecule has 4 heavy (non-hydrogen) atoms. The summed E-state index contributed by atoms with van der Waals surface area (Å²) < 4.78 is 0. The van der Waals surface area contributed by atoms with Crippen molar-refractivity contribution in [3.8, 4) is 0 Å². The summed E-state index contributed by atoms with van der Waals surface area (Å²) in [4.78, 5) is 0. The van der Waals surface area contributed by atoms with Gasteiger partial charge in [0.2, 0.25) is 0 Å². The monoisotopic (exact) mass is 163 g/mol. The van der Waals surface area contributed by atoms with E-state index in [2.05, 4.69) is 0 Å². The Morgan fingerprint density at radius 2 is 0.500 bits per heavy atom. The standard InChI is InChI=1S/3FH.Rh/h3*1H;. The molecule has 0 aromatic carbocycles. The fourth-order valence-electron chi connectivity index (χ4n) is 0. The van der Waals surface area contributed by atoms with Gasteiger partial charge in [-0.05, 0) is 0 Å². The van der Waals surface area contributed by atoms with Crippen LogP contribution in [0.1, 0.15) is 0 Å². The molecule has 0 spiro atoms. The molecule has 0 rings (SSSR count). The molecule has 1 radical (unpaired) electrons. The van der Waals surface area contributed by atoms with Crippen LogP contribution in [0.3, 0.4) is 0 Å². The van der Waals surface area contributed by atoms with Crippen molar-refractivity contribution in [2.24, 2.45) is 0 Å². The van der Waals surface area contributed by atoms with E-state index in [1.807, 2.05) is 0 Å². The minimum atomic E-state index is 0. The van der Waals surface area contributed by atoms with Gasteiger partial charge in [0.1, 0.15) is 0 Å². The molecule has 0 unspecified atom stereocenters. The van der Waals surface area contributed by atoms with Gasteiger partial charge >= 0.3 is 0 Å². The van der Waals surface area contributed by atoms with Crippen LogP contribution in [0, 0.1) is 0 Å². The first-order chi connectivity index (χ1) is 0. The Morgan fingerprint density at radius 3 is 0.500 bits per heavy atom. The van der Waals surface area contributed by atoms with E-state index in [0.717, 1.165) is 0 Å². The van der Waals surface area contributed by atoms with Crippen molar-refractivity contribution in [2.45, 2.75) is 0 Å². The van der Waals surface area contributed by atoms with Crippen molar-refractivity contribution in [3.05, 3.63) is 0 Å². The zero-order valence-corrected chi connectivity index (χ0v) is 3.20. The van der Waals surface area contributed by atoms with Gasteiger partial charge in [-0.3, -0.25) is 14.1 Å². The van der Waals surface area contributed by atoms with Crippen molar-refractivity contribution >= 4 is 0 Å². The molecule has 0 aromatic heterocycles. The SMILES string of the molecule is F.F.F.[Rh]. The van der Waals surface area contributed by atoms with Gasteiger partial charge in [-0.2, -0.15) is 0 Å². The molecule has 0 atom stereocenters. The van der Waals surface area contributed by atoms with E-state index in [9.17, 15) is 0 Å². The van der Waals surface area contributed by atoms with Crippen LogP contribution in [0.25, 0.3) is 0 Å². The molecule has 0 amide bonds. The number of hydrogen-bond donors (Lipinski definition) is 0. The van der Waals surface area contributed by atoms with Crippen LogP contribution in [0.15, 0.2) is 0 Å². The van der Waals surface area contributed by atoms with Crippen molar-refractivity contribution in [1.82, 2.24) is 0 Å². The zero-order chi connectivity index (χ0) is 0. The summed E-state index contributed by atoms with van der Waals surface area (Å²) in [5, 5.41) is 0. The molecule has 0 aliphatic rings. The molecule has 0 aliphatic heterocycles. The summed E-state index contributed by atoms with van der Waals surface area (Å²) in [5.74, 6) is 0. The second-order valence-electron chi connectivity index (χ2n) is 0. The van der Waals surface area contributed by atoms with Crippen LogP contribution in [0.2, 0.25) is 0 Å². The molecular formula is H3F3Rh. The van der Waals surface area contributed by atoms with Gasteiger partial charge in [-0.1, -0.05) is 0 Å². The summed E-state index contributed by atoms with van der Waals surface area (Å²) >= 11 is 0. The van der Waals surface area contributed by atoms with E-state index in [1.54, 1.807) is 0 Å². The smallest absolute Gasteiger partial charge is 0 e. The van der Waals surface area contributed by atoms with E-state index in [-0.39, 0.29) is 33.6 Å². The largest absolute Gasteiger partial charge is 0.269 e. The van der Waals surface area contributed by atoms with Gasteiger partial charge in [0.25, 0.3) is 0 Å². The van der Waals surface area contributed by atoms with Gasteiger partial charge < -0.3 is 0 Å². The Kier molecular flexibility index (Phi) is 8750. The molecule has 0 aromatic rings. The molecule has 4 heteroatoms. The van der Waals surface area contributed by atoms with Gasteiger partial charge in [-0.15, -0.1) is 0 Å². The minimum Gasteiger partial charge on any atom is -0.269 e. The quantitative estimate of drug-likeness (QED) is 0.455. The maximum atomic E-state index is 0. The van der Waals surface area contributed by atoms with Gasteiger partial charge in [0, 0.05) is 19.5 Å². The molecule has 0 saturated heterocycles. The zero-order valence-electron chi connectivity index (χ0n) is 1.56. The summed E-state index contributed by atoms with van der Waals surface area (Å²) in [5.41, 5.74) is 0. The van der Waals surface area contributed by atoms with E-state index < -0.39 is 0 Å². The molecule has 33 valence electrons. The average molecular weight is 163 g/mol. The molecular weight excluding hydrogens is 160 g/mol. The van der Waals surface area contributed by atoms with E-state index >= 15 is 0 Å². The summed E-state index contributed by atoms with van der Waals surface area (Å²) in [6.07, 6.45) is 0. The van der Waals surface area contributed by atoms with Crippen molar-refractivity contribution in [2.75, 3.05) is 0 Å². The van der Waals surface area contributed by atoms with Crippen LogP contribution in [-0.2, 0) is 19.5 Å². The first kappa shape index (κ1) is 301. The summed E-state index contributed by atoms with van der Waals surface area (Å²) in [6.45, 7) is 0. The first-order valence-electron chi connectivity index (χ1n) is 0. The Hall–Kier alpha value is 0.413. The maximum Gasteiger partial charge on any atom is 0 e. The number of hydrogen-bond acceptors (Lipinski definition) is 0. The van der Waals surface area contributed by atoms with Crippen molar-refractivity contribution < 1.29 is 33.6 Å². The molecule has 0 bridgehead atoms. The van der Waals surface area contributed by atoms with E-state index in [1.165, 1.54) is 0 Å². The van der Waals surface area contributed by atoms with Crippen molar-refractivity contribution in [1.29, 1.82) is 0 Å². The van der Waals surface area contributed by atoms with E-state index in [0.29, 0.717) is 0 Å². The fourth-order valence-corrected chi connectivity index (χ4v) is 0. The van der Waals surface area contributed by atoms with Crippen LogP contribution >= 0.6 is 0 Å². The summed E-state index contributed by atoms with van der Waals surface area (Å²) in [6, 6.07) is 0. The van der Waals surface area contributed by atoms with E-state index in [4.69, 9.17) is 0 Å². The number of rotatable bonds is 0. The molecule has 0 aliphatic carbocycles. The van der Waals surface area contributed by atoms with Gasteiger partial charge in [-0.25, -0.2) is 0 Å². The topological polar surface area (TPSA) is 0 Å². The third-order valence-electron chi connectivity index (χ3n) is 0. The Morgan fingerprint density at radius 1 is 0.500 bits per heavy atom. The molecule has 0 saturated carbocycles. The Labute approximate surface area is 34.4 Å². The second-order valence-corrected chi connectivity index (χ2v) is 0. The fraction of sp³-hybridized carbons (Fsp3) is 0. The van der Waals surface area contributed by atoms with Crippen LogP contribution in [0.4, 0.5) is 14.1 Å². The normalized spacial score (nSPS) is 0. The molecule has 0 nitrogen and oxygen atoms in total. The van der Waals surface area contributed by atoms with Crippen molar-refractivity contribution in [3.63, 3.8) is 0 Å². The molecule has 0 fully saturated rings. The summed E-state index contributed by atoms with van der Waals surface area (Å²) in [7, 11) is 0. The minimum absolute atomic E-state index is 0. The maximum absolute atomic E-state index is 0. The van der Waals surface area contributed by atoms with Gasteiger partial charge in [0.05, 0.1) is 0 Å². The average Bonchev–Trinajstić information content (AvgIpc) is 0. The Bertz CT molecular complexity index is 3.25.